The summed E-state index contributed by atoms with van der Waals surface area (Å²) >= 11 is 0. The van der Waals surface area contributed by atoms with Gasteiger partial charge in [0.25, 0.3) is 0 Å². The van der Waals surface area contributed by atoms with Crippen LogP contribution in [0.4, 0.5) is 5.82 Å². The molecule has 4 rings (SSSR count). The maximum Gasteiger partial charge on any atom is 0.152 e. The van der Waals surface area contributed by atoms with Gasteiger partial charge >= 0.3 is 0 Å². The molecule has 0 spiro atoms. The van der Waals surface area contributed by atoms with Gasteiger partial charge in [-0.25, -0.2) is 9.97 Å². The quantitative estimate of drug-likeness (QED) is 0.766. The van der Waals surface area contributed by atoms with E-state index in [0.717, 1.165) is 27.9 Å². The first-order valence-electron chi connectivity index (χ1n) is 8.26. The third-order valence-electron chi connectivity index (χ3n) is 5.21. The Hall–Kier alpha value is -2.10. The van der Waals surface area contributed by atoms with Crippen LogP contribution in [-0.2, 0) is 0 Å². The fraction of sp³-hybridized carbons (Fsp3) is 0.444. The van der Waals surface area contributed by atoms with Crippen molar-refractivity contribution in [2.24, 2.45) is 5.92 Å². The Balaban J connectivity index is 1.90. The Morgan fingerprint density at radius 2 is 1.95 bits per heavy atom. The van der Waals surface area contributed by atoms with Gasteiger partial charge in [-0.15, -0.1) is 0 Å². The first-order valence-corrected chi connectivity index (χ1v) is 8.26. The number of nitrogens with zero attached hydrogens (tertiary/aromatic N) is 3. The van der Waals surface area contributed by atoms with Gasteiger partial charge in [0.05, 0.1) is 17.4 Å². The second-order valence-corrected chi connectivity index (χ2v) is 6.50. The highest BCUT2D eigenvalue weighted by molar-refractivity contribution is 6.06. The van der Waals surface area contributed by atoms with Crippen LogP contribution in [0.3, 0.4) is 0 Å². The minimum absolute atomic E-state index is 0.454. The van der Waals surface area contributed by atoms with Crippen LogP contribution in [0.25, 0.3) is 21.9 Å². The molecule has 0 radical (unpaired) electrons. The fourth-order valence-electron chi connectivity index (χ4n) is 3.92. The van der Waals surface area contributed by atoms with Crippen molar-refractivity contribution >= 4 is 27.8 Å². The van der Waals surface area contributed by atoms with Crippen LogP contribution in [0.2, 0.25) is 0 Å². The molecule has 2 heterocycles. The highest BCUT2D eigenvalue weighted by Crippen LogP contribution is 2.36. The standard InChI is InChI=1S/C18H22N4/c1-12(13-7-3-2-4-8-13)22-11-20-16-17(22)14-9-5-6-10-15(14)21-18(16)19/h5-6,9-13H,2-4,7-8H2,1H3,(H2,19,21)/t12-/m0/s1. The summed E-state index contributed by atoms with van der Waals surface area (Å²) in [5.41, 5.74) is 9.05. The van der Waals surface area contributed by atoms with Crippen LogP contribution >= 0.6 is 0 Å². The van der Waals surface area contributed by atoms with Gasteiger partial charge in [0, 0.05) is 11.4 Å². The number of pyridine rings is 1. The maximum absolute atomic E-state index is 6.13. The Kier molecular flexibility index (Phi) is 3.25. The Morgan fingerprint density at radius 1 is 1.18 bits per heavy atom. The highest BCUT2D eigenvalue weighted by atomic mass is 15.1. The van der Waals surface area contributed by atoms with E-state index in [1.165, 1.54) is 32.1 Å². The number of benzene rings is 1. The largest absolute Gasteiger partial charge is 0.382 e. The van der Waals surface area contributed by atoms with Gasteiger partial charge in [0.2, 0.25) is 0 Å². The van der Waals surface area contributed by atoms with Gasteiger partial charge in [-0.3, -0.25) is 0 Å². The molecule has 1 fully saturated rings. The molecule has 114 valence electrons. The minimum atomic E-state index is 0.454. The molecule has 4 nitrogen and oxygen atoms in total. The van der Waals surface area contributed by atoms with Crippen LogP contribution in [0.15, 0.2) is 30.6 Å². The molecule has 0 unspecified atom stereocenters. The molecule has 2 N–H and O–H groups in total. The number of anilines is 1. The molecule has 3 aromatic rings. The third-order valence-corrected chi connectivity index (χ3v) is 5.21. The van der Waals surface area contributed by atoms with E-state index >= 15 is 0 Å². The number of aromatic nitrogens is 3. The molecule has 0 bridgehead atoms. The predicted octanol–water partition coefficient (Wildman–Crippen LogP) is 4.31. The number of rotatable bonds is 2. The molecule has 1 aliphatic rings. The van der Waals surface area contributed by atoms with Gasteiger partial charge in [-0.2, -0.15) is 0 Å². The first-order chi connectivity index (χ1) is 10.8. The van der Waals surface area contributed by atoms with E-state index in [4.69, 9.17) is 5.73 Å². The lowest BCUT2D eigenvalue weighted by molar-refractivity contribution is 0.268. The third kappa shape index (κ3) is 2.05. The zero-order valence-corrected chi connectivity index (χ0v) is 13.0. The maximum atomic E-state index is 6.13. The van der Waals surface area contributed by atoms with Crippen LogP contribution in [0.1, 0.15) is 45.1 Å². The Morgan fingerprint density at radius 3 is 2.77 bits per heavy atom. The van der Waals surface area contributed by atoms with Crippen LogP contribution in [-0.4, -0.2) is 14.5 Å². The summed E-state index contributed by atoms with van der Waals surface area (Å²) in [6.45, 7) is 2.32. The number of nitrogen functional groups attached to an aromatic ring is 1. The number of nitrogens with two attached hydrogens (primary N) is 1. The SMILES string of the molecule is C[C@@H](C1CCCCC1)n1cnc2c(N)nc3ccccc3c21. The van der Waals surface area contributed by atoms with E-state index in [1.807, 2.05) is 18.5 Å². The molecule has 22 heavy (non-hydrogen) atoms. The molecular formula is C18H22N4. The number of para-hydroxylation sites is 1. The monoisotopic (exact) mass is 294 g/mol. The topological polar surface area (TPSA) is 56.7 Å². The molecular weight excluding hydrogens is 272 g/mol. The van der Waals surface area contributed by atoms with Crippen molar-refractivity contribution in [1.82, 2.24) is 14.5 Å². The zero-order valence-electron chi connectivity index (χ0n) is 13.0. The summed E-state index contributed by atoms with van der Waals surface area (Å²) in [5.74, 6) is 1.27. The average Bonchev–Trinajstić information content (AvgIpc) is 3.01. The first kappa shape index (κ1) is 13.6. The average molecular weight is 294 g/mol. The van der Waals surface area contributed by atoms with Gasteiger partial charge in [0.1, 0.15) is 5.52 Å². The Labute approximate surface area is 130 Å². The van der Waals surface area contributed by atoms with E-state index in [9.17, 15) is 0 Å². The summed E-state index contributed by atoms with van der Waals surface area (Å²) in [6.07, 6.45) is 8.68. The molecule has 1 atom stereocenters. The molecule has 0 aliphatic heterocycles. The van der Waals surface area contributed by atoms with Gasteiger partial charge in [-0.05, 0) is 31.7 Å². The number of fused-ring (bicyclic) bond motifs is 3. The summed E-state index contributed by atoms with van der Waals surface area (Å²) in [4.78, 5) is 9.05. The second-order valence-electron chi connectivity index (χ2n) is 6.50. The van der Waals surface area contributed by atoms with Gasteiger partial charge < -0.3 is 10.3 Å². The highest BCUT2D eigenvalue weighted by Gasteiger charge is 2.24. The molecule has 1 saturated carbocycles. The van der Waals surface area contributed by atoms with Gasteiger partial charge in [0.15, 0.2) is 5.82 Å². The van der Waals surface area contributed by atoms with Crippen molar-refractivity contribution in [1.29, 1.82) is 0 Å². The summed E-state index contributed by atoms with van der Waals surface area (Å²) in [5, 5.41) is 1.15. The van der Waals surface area contributed by atoms with Crippen LogP contribution in [0.5, 0.6) is 0 Å². The minimum Gasteiger partial charge on any atom is -0.382 e. The molecule has 0 saturated heterocycles. The van der Waals surface area contributed by atoms with Crippen molar-refractivity contribution in [2.45, 2.75) is 45.1 Å². The summed E-state index contributed by atoms with van der Waals surface area (Å²) in [6, 6.07) is 8.66. The van der Waals surface area contributed by atoms with Crippen LogP contribution in [0, 0.1) is 5.92 Å². The number of hydrogen-bond acceptors (Lipinski definition) is 3. The lowest BCUT2D eigenvalue weighted by Gasteiger charge is -2.29. The van der Waals surface area contributed by atoms with Crippen molar-refractivity contribution in [3.63, 3.8) is 0 Å². The lowest BCUT2D eigenvalue weighted by atomic mass is 9.84. The second kappa shape index (κ2) is 5.27. The number of hydrogen-bond donors (Lipinski definition) is 1. The normalized spacial score (nSPS) is 18.0. The predicted molar refractivity (Wildman–Crippen MR) is 90.7 cm³/mol. The van der Waals surface area contributed by atoms with E-state index in [-0.39, 0.29) is 0 Å². The van der Waals surface area contributed by atoms with E-state index < -0.39 is 0 Å². The molecule has 1 aliphatic carbocycles. The van der Waals surface area contributed by atoms with Gasteiger partial charge in [-0.1, -0.05) is 37.5 Å². The molecule has 2 aromatic heterocycles. The zero-order chi connectivity index (χ0) is 15.1. The molecule has 4 heteroatoms. The van der Waals surface area contributed by atoms with E-state index in [1.54, 1.807) is 0 Å². The van der Waals surface area contributed by atoms with Crippen molar-refractivity contribution in [3.8, 4) is 0 Å². The Bertz CT molecular complexity index is 814. The lowest BCUT2D eigenvalue weighted by Crippen LogP contribution is -2.18. The smallest absolute Gasteiger partial charge is 0.152 e. The van der Waals surface area contributed by atoms with Crippen LogP contribution < -0.4 is 5.73 Å². The summed E-state index contributed by atoms with van der Waals surface area (Å²) < 4.78 is 2.33. The molecule has 0 amide bonds. The molecule has 1 aromatic carbocycles. The van der Waals surface area contributed by atoms with Crippen molar-refractivity contribution in [2.75, 3.05) is 5.73 Å². The summed E-state index contributed by atoms with van der Waals surface area (Å²) in [7, 11) is 0. The fourth-order valence-corrected chi connectivity index (χ4v) is 3.92. The van der Waals surface area contributed by atoms with Crippen molar-refractivity contribution < 1.29 is 0 Å². The number of imidazole rings is 1. The van der Waals surface area contributed by atoms with Crippen molar-refractivity contribution in [3.05, 3.63) is 30.6 Å². The van der Waals surface area contributed by atoms with E-state index in [0.29, 0.717) is 11.9 Å². The van der Waals surface area contributed by atoms with E-state index in [2.05, 4.69) is 33.6 Å².